The first-order valence-corrected chi connectivity index (χ1v) is 11.3. The maximum absolute atomic E-state index is 5.61. The summed E-state index contributed by atoms with van der Waals surface area (Å²) in [5, 5.41) is 7.15. The molecule has 2 heterocycles. The summed E-state index contributed by atoms with van der Waals surface area (Å²) < 4.78 is 11.2. The maximum atomic E-state index is 5.61. The molecule has 1 aliphatic carbocycles. The van der Waals surface area contributed by atoms with Gasteiger partial charge in [-0.3, -0.25) is 9.89 Å². The number of hydrogen-bond donors (Lipinski definition) is 2. The van der Waals surface area contributed by atoms with Crippen LogP contribution in [0.4, 0.5) is 0 Å². The molecule has 0 bridgehead atoms. The molecule has 1 saturated carbocycles. The molecule has 2 aliphatic heterocycles. The quantitative estimate of drug-likeness (QED) is 0.338. The molecule has 3 aliphatic rings. The van der Waals surface area contributed by atoms with Crippen LogP contribution in [0.1, 0.15) is 43.2 Å². The van der Waals surface area contributed by atoms with Crippen LogP contribution < -0.4 is 15.4 Å². The van der Waals surface area contributed by atoms with Crippen molar-refractivity contribution < 1.29 is 9.47 Å². The molecule has 2 N–H and O–H groups in total. The Morgan fingerprint density at radius 2 is 1.90 bits per heavy atom. The van der Waals surface area contributed by atoms with Crippen LogP contribution in [0.15, 0.2) is 23.2 Å². The fourth-order valence-corrected chi connectivity index (χ4v) is 5.04. The lowest BCUT2D eigenvalue weighted by Gasteiger charge is -2.48. The topological polar surface area (TPSA) is 58.1 Å². The lowest BCUT2D eigenvalue weighted by atomic mass is 9.80. The third-order valence-corrected chi connectivity index (χ3v) is 6.73. The minimum atomic E-state index is 0. The zero-order valence-corrected chi connectivity index (χ0v) is 20.6. The summed E-state index contributed by atoms with van der Waals surface area (Å²) in [6.07, 6.45) is 8.58. The van der Waals surface area contributed by atoms with Crippen molar-refractivity contribution in [3.8, 4) is 5.75 Å². The first kappa shape index (κ1) is 23.6. The Hall–Kier alpha value is -1.06. The summed E-state index contributed by atoms with van der Waals surface area (Å²) >= 11 is 0. The Kier molecular flexibility index (Phi) is 9.07. The van der Waals surface area contributed by atoms with E-state index >= 15 is 0 Å². The fraction of sp³-hybridized carbons (Fsp3) is 0.696. The van der Waals surface area contributed by atoms with E-state index in [9.17, 15) is 0 Å². The maximum Gasteiger partial charge on any atom is 0.191 e. The van der Waals surface area contributed by atoms with E-state index < -0.39 is 0 Å². The summed E-state index contributed by atoms with van der Waals surface area (Å²) in [6, 6.07) is 6.58. The van der Waals surface area contributed by atoms with Gasteiger partial charge in [-0.1, -0.05) is 31.4 Å². The van der Waals surface area contributed by atoms with Crippen molar-refractivity contribution >= 4 is 29.9 Å². The zero-order valence-electron chi connectivity index (χ0n) is 18.3. The van der Waals surface area contributed by atoms with Gasteiger partial charge in [-0.15, -0.1) is 24.0 Å². The highest BCUT2D eigenvalue weighted by Crippen LogP contribution is 2.33. The lowest BCUT2D eigenvalue weighted by Crippen LogP contribution is -2.60. The van der Waals surface area contributed by atoms with Crippen LogP contribution >= 0.6 is 24.0 Å². The van der Waals surface area contributed by atoms with Crippen LogP contribution in [0, 0.1) is 0 Å². The van der Waals surface area contributed by atoms with Crippen molar-refractivity contribution in [2.24, 2.45) is 4.99 Å². The van der Waals surface area contributed by atoms with E-state index in [-0.39, 0.29) is 29.5 Å². The van der Waals surface area contributed by atoms with Gasteiger partial charge in [0, 0.05) is 45.2 Å². The molecule has 0 atom stereocenters. The van der Waals surface area contributed by atoms with E-state index in [0.29, 0.717) is 0 Å². The van der Waals surface area contributed by atoms with Crippen LogP contribution in [0.5, 0.6) is 5.75 Å². The zero-order chi connectivity index (χ0) is 19.9. The molecule has 0 aromatic heterocycles. The van der Waals surface area contributed by atoms with Gasteiger partial charge in [-0.05, 0) is 36.5 Å². The Balaban J connectivity index is 0.00000256. The molecular weight excluding hydrogens is 491 g/mol. The average molecular weight is 528 g/mol. The normalized spacial score (nSPS) is 21.3. The van der Waals surface area contributed by atoms with E-state index in [0.717, 1.165) is 70.6 Å². The highest BCUT2D eigenvalue weighted by atomic mass is 127. The molecule has 2 fully saturated rings. The van der Waals surface area contributed by atoms with E-state index in [1.165, 1.54) is 43.2 Å². The summed E-state index contributed by atoms with van der Waals surface area (Å²) in [4.78, 5) is 7.14. The standard InChI is InChI=1S/C23H36N4O2.HI/c1-24-22(25-11-7-19-5-6-21-20(17-19)8-14-29-21)26-18-23(9-3-2-4-10-23)27-12-15-28-16-13-27;/h5-6,17H,2-4,7-16,18H2,1H3,(H2,24,25,26);1H. The summed E-state index contributed by atoms with van der Waals surface area (Å²) in [7, 11) is 1.87. The third-order valence-electron chi connectivity index (χ3n) is 6.73. The number of halogens is 1. The molecule has 4 rings (SSSR count). The SMILES string of the molecule is CN=C(NCCc1ccc2c(c1)CCO2)NCC1(N2CCOCC2)CCCCC1.I. The largest absolute Gasteiger partial charge is 0.493 e. The highest BCUT2D eigenvalue weighted by Gasteiger charge is 2.38. The number of guanidine groups is 1. The van der Waals surface area contributed by atoms with Gasteiger partial charge in [0.25, 0.3) is 0 Å². The summed E-state index contributed by atoms with van der Waals surface area (Å²) in [5.41, 5.74) is 2.95. The Bertz CT molecular complexity index is 700. The van der Waals surface area contributed by atoms with Crippen molar-refractivity contribution in [3.63, 3.8) is 0 Å². The fourth-order valence-electron chi connectivity index (χ4n) is 5.04. The number of morpholine rings is 1. The highest BCUT2D eigenvalue weighted by molar-refractivity contribution is 14.0. The molecule has 6 nitrogen and oxygen atoms in total. The molecule has 1 aromatic rings. The van der Waals surface area contributed by atoms with Crippen molar-refractivity contribution in [1.82, 2.24) is 15.5 Å². The Morgan fingerprint density at radius 3 is 2.67 bits per heavy atom. The molecule has 30 heavy (non-hydrogen) atoms. The van der Waals surface area contributed by atoms with E-state index in [4.69, 9.17) is 9.47 Å². The van der Waals surface area contributed by atoms with Crippen molar-refractivity contribution in [2.45, 2.75) is 50.5 Å². The lowest BCUT2D eigenvalue weighted by molar-refractivity contribution is -0.0352. The average Bonchev–Trinajstić information content (AvgIpc) is 3.25. The predicted octanol–water partition coefficient (Wildman–Crippen LogP) is 2.98. The van der Waals surface area contributed by atoms with Gasteiger partial charge < -0.3 is 20.1 Å². The number of rotatable bonds is 6. The first-order valence-electron chi connectivity index (χ1n) is 11.3. The number of ether oxygens (including phenoxy) is 2. The monoisotopic (exact) mass is 528 g/mol. The number of nitrogens with one attached hydrogen (secondary N) is 2. The van der Waals surface area contributed by atoms with Crippen LogP contribution in [0.3, 0.4) is 0 Å². The van der Waals surface area contributed by atoms with E-state index in [1.807, 2.05) is 7.05 Å². The number of benzene rings is 1. The van der Waals surface area contributed by atoms with Gasteiger partial charge in [-0.25, -0.2) is 0 Å². The van der Waals surface area contributed by atoms with Crippen LogP contribution in [-0.4, -0.2) is 69.4 Å². The van der Waals surface area contributed by atoms with Gasteiger partial charge in [0.2, 0.25) is 0 Å². The third kappa shape index (κ3) is 5.79. The minimum Gasteiger partial charge on any atom is -0.493 e. The van der Waals surface area contributed by atoms with Gasteiger partial charge >= 0.3 is 0 Å². The van der Waals surface area contributed by atoms with Gasteiger partial charge in [0.05, 0.1) is 19.8 Å². The molecule has 1 saturated heterocycles. The Labute approximate surface area is 198 Å². The number of fused-ring (bicyclic) bond motifs is 1. The number of hydrogen-bond acceptors (Lipinski definition) is 4. The molecule has 0 unspecified atom stereocenters. The van der Waals surface area contributed by atoms with E-state index in [2.05, 4.69) is 38.7 Å². The van der Waals surface area contributed by atoms with Crippen molar-refractivity contribution in [3.05, 3.63) is 29.3 Å². The summed E-state index contributed by atoms with van der Waals surface area (Å²) in [5.74, 6) is 1.97. The van der Waals surface area contributed by atoms with Crippen molar-refractivity contribution in [2.75, 3.05) is 53.0 Å². The first-order chi connectivity index (χ1) is 14.3. The molecule has 0 spiro atoms. The minimum absolute atomic E-state index is 0. The smallest absolute Gasteiger partial charge is 0.191 e. The van der Waals surface area contributed by atoms with Crippen LogP contribution in [0.25, 0.3) is 0 Å². The molecule has 1 aromatic carbocycles. The molecule has 7 heteroatoms. The van der Waals surface area contributed by atoms with Crippen LogP contribution in [-0.2, 0) is 17.6 Å². The molecule has 0 amide bonds. The number of nitrogens with zero attached hydrogens (tertiary/aromatic N) is 2. The second-order valence-electron chi connectivity index (χ2n) is 8.53. The van der Waals surface area contributed by atoms with Gasteiger partial charge in [0.1, 0.15) is 5.75 Å². The van der Waals surface area contributed by atoms with Gasteiger partial charge in [0.15, 0.2) is 5.96 Å². The second kappa shape index (κ2) is 11.5. The predicted molar refractivity (Wildman–Crippen MR) is 132 cm³/mol. The van der Waals surface area contributed by atoms with Crippen LogP contribution in [0.2, 0.25) is 0 Å². The Morgan fingerprint density at radius 1 is 1.10 bits per heavy atom. The van der Waals surface area contributed by atoms with Gasteiger partial charge in [-0.2, -0.15) is 0 Å². The molecule has 168 valence electrons. The molecular formula is C23H37IN4O2. The number of aliphatic imine (C=N–C) groups is 1. The summed E-state index contributed by atoms with van der Waals surface area (Å²) in [6.45, 7) is 6.48. The molecule has 0 radical (unpaired) electrons. The van der Waals surface area contributed by atoms with Crippen molar-refractivity contribution in [1.29, 1.82) is 0 Å². The van der Waals surface area contributed by atoms with E-state index in [1.54, 1.807) is 0 Å². The second-order valence-corrected chi connectivity index (χ2v) is 8.53.